The van der Waals surface area contributed by atoms with E-state index in [4.69, 9.17) is 4.74 Å². The van der Waals surface area contributed by atoms with Crippen molar-refractivity contribution in [2.24, 2.45) is 0 Å². The molecule has 0 heterocycles. The van der Waals surface area contributed by atoms with Crippen molar-refractivity contribution in [1.82, 2.24) is 0 Å². The van der Waals surface area contributed by atoms with Crippen molar-refractivity contribution in [3.05, 3.63) is 28.3 Å². The van der Waals surface area contributed by atoms with Crippen LogP contribution in [0.4, 0.5) is 11.4 Å². The third-order valence-electron chi connectivity index (χ3n) is 4.26. The molecule has 0 aliphatic carbocycles. The first kappa shape index (κ1) is 21.9. The summed E-state index contributed by atoms with van der Waals surface area (Å²) in [6, 6.07) is 4.50. The summed E-state index contributed by atoms with van der Waals surface area (Å²) in [5.74, 6) is 0.247. The van der Waals surface area contributed by atoms with Crippen molar-refractivity contribution in [3.8, 4) is 5.75 Å². The first-order chi connectivity index (χ1) is 12.6. The summed E-state index contributed by atoms with van der Waals surface area (Å²) >= 11 is 0. The Balaban J connectivity index is 2.31. The van der Waals surface area contributed by atoms with Crippen molar-refractivity contribution >= 4 is 17.3 Å². The number of hydrogen-bond acceptors (Lipinski definition) is 4. The highest BCUT2D eigenvalue weighted by molar-refractivity contribution is 5.93. The van der Waals surface area contributed by atoms with E-state index in [0.29, 0.717) is 18.8 Å². The fourth-order valence-corrected chi connectivity index (χ4v) is 2.83. The summed E-state index contributed by atoms with van der Waals surface area (Å²) in [5, 5.41) is 13.8. The molecule has 0 bridgehead atoms. The smallest absolute Gasteiger partial charge is 0.296 e. The summed E-state index contributed by atoms with van der Waals surface area (Å²) in [5.41, 5.74) is 0.0794. The minimum atomic E-state index is -0.503. The van der Waals surface area contributed by atoms with Crippen LogP contribution in [-0.4, -0.2) is 17.4 Å². The Labute approximate surface area is 156 Å². The number of rotatable bonds is 14. The van der Waals surface area contributed by atoms with Crippen molar-refractivity contribution in [2.75, 3.05) is 11.9 Å². The molecule has 0 saturated heterocycles. The molecule has 26 heavy (non-hydrogen) atoms. The van der Waals surface area contributed by atoms with E-state index in [2.05, 4.69) is 12.2 Å². The standard InChI is InChI=1S/C20H32N2O4/c1-3-5-6-7-8-9-10-11-12-13-20(23)21-18-15-14-17(26-4-2)16-19(18)22(24)25/h14-16H,3-13H2,1-2H3,(H,21,23). The van der Waals surface area contributed by atoms with Gasteiger partial charge in [0, 0.05) is 6.42 Å². The number of nitrogens with zero attached hydrogens (tertiary/aromatic N) is 1. The minimum absolute atomic E-state index is 0.142. The average molecular weight is 364 g/mol. The number of unbranched alkanes of at least 4 members (excludes halogenated alkanes) is 8. The molecule has 1 N–H and O–H groups in total. The summed E-state index contributed by atoms with van der Waals surface area (Å²) in [6.07, 6.45) is 11.1. The number of hydrogen-bond donors (Lipinski definition) is 1. The second-order valence-corrected chi connectivity index (χ2v) is 6.50. The highest BCUT2D eigenvalue weighted by Crippen LogP contribution is 2.29. The summed E-state index contributed by atoms with van der Waals surface area (Å²) in [6.45, 7) is 4.46. The van der Waals surface area contributed by atoms with Crippen LogP contribution in [0.2, 0.25) is 0 Å². The molecule has 1 amide bonds. The number of carbonyl (C=O) groups is 1. The fourth-order valence-electron chi connectivity index (χ4n) is 2.83. The Bertz CT molecular complexity index is 561. The van der Waals surface area contributed by atoms with Crippen LogP contribution < -0.4 is 10.1 Å². The molecule has 0 aliphatic heterocycles. The van der Waals surface area contributed by atoms with Crippen LogP contribution in [0.5, 0.6) is 5.75 Å². The number of nitrogens with one attached hydrogen (secondary N) is 1. The van der Waals surface area contributed by atoms with Gasteiger partial charge in [0.15, 0.2) is 0 Å². The SMILES string of the molecule is CCCCCCCCCCCC(=O)Nc1ccc(OCC)cc1[N+](=O)[O-]. The molecular weight excluding hydrogens is 332 g/mol. The number of nitro benzene ring substituents is 1. The van der Waals surface area contributed by atoms with Crippen LogP contribution in [0.15, 0.2) is 18.2 Å². The Morgan fingerprint density at radius 2 is 1.65 bits per heavy atom. The highest BCUT2D eigenvalue weighted by atomic mass is 16.6. The molecule has 0 atom stereocenters. The largest absolute Gasteiger partial charge is 0.494 e. The summed E-state index contributed by atoms with van der Waals surface area (Å²) in [4.78, 5) is 22.7. The lowest BCUT2D eigenvalue weighted by Gasteiger charge is -2.08. The van der Waals surface area contributed by atoms with Gasteiger partial charge >= 0.3 is 0 Å². The number of ether oxygens (including phenoxy) is 1. The molecule has 0 aromatic heterocycles. The lowest BCUT2D eigenvalue weighted by molar-refractivity contribution is -0.384. The number of nitro groups is 1. The van der Waals surface area contributed by atoms with Crippen molar-refractivity contribution < 1.29 is 14.5 Å². The van der Waals surface area contributed by atoms with Gasteiger partial charge in [-0.25, -0.2) is 0 Å². The van der Waals surface area contributed by atoms with E-state index in [1.54, 1.807) is 6.07 Å². The Morgan fingerprint density at radius 3 is 2.23 bits per heavy atom. The zero-order chi connectivity index (χ0) is 19.2. The van der Waals surface area contributed by atoms with E-state index < -0.39 is 4.92 Å². The summed E-state index contributed by atoms with van der Waals surface area (Å²) in [7, 11) is 0. The number of amides is 1. The van der Waals surface area contributed by atoms with Gasteiger partial charge in [-0.3, -0.25) is 14.9 Å². The van der Waals surface area contributed by atoms with E-state index >= 15 is 0 Å². The molecule has 0 radical (unpaired) electrons. The number of benzene rings is 1. The van der Waals surface area contributed by atoms with Gasteiger partial charge in [0.05, 0.1) is 17.6 Å². The lowest BCUT2D eigenvalue weighted by Crippen LogP contribution is -2.12. The van der Waals surface area contributed by atoms with Crippen LogP contribution >= 0.6 is 0 Å². The van der Waals surface area contributed by atoms with Crippen molar-refractivity contribution in [2.45, 2.75) is 78.1 Å². The van der Waals surface area contributed by atoms with Crippen LogP contribution in [0.25, 0.3) is 0 Å². The molecule has 6 heteroatoms. The van der Waals surface area contributed by atoms with Crippen molar-refractivity contribution in [1.29, 1.82) is 0 Å². The van der Waals surface area contributed by atoms with Crippen molar-refractivity contribution in [3.63, 3.8) is 0 Å². The van der Waals surface area contributed by atoms with E-state index in [1.165, 1.54) is 50.7 Å². The third-order valence-corrected chi connectivity index (χ3v) is 4.26. The maximum Gasteiger partial charge on any atom is 0.296 e. The van der Waals surface area contributed by atoms with Gasteiger partial charge in [0.1, 0.15) is 11.4 Å². The van der Waals surface area contributed by atoms with E-state index in [9.17, 15) is 14.9 Å². The lowest BCUT2D eigenvalue weighted by atomic mass is 10.1. The molecule has 6 nitrogen and oxygen atoms in total. The van der Waals surface area contributed by atoms with Gasteiger partial charge in [-0.15, -0.1) is 0 Å². The monoisotopic (exact) mass is 364 g/mol. The van der Waals surface area contributed by atoms with Gasteiger partial charge in [0.2, 0.25) is 5.91 Å². The zero-order valence-electron chi connectivity index (χ0n) is 16.1. The Morgan fingerprint density at radius 1 is 1.04 bits per heavy atom. The molecule has 1 rings (SSSR count). The van der Waals surface area contributed by atoms with Gasteiger partial charge in [-0.1, -0.05) is 58.3 Å². The number of carbonyl (C=O) groups excluding carboxylic acids is 1. The second kappa shape index (κ2) is 13.1. The third kappa shape index (κ3) is 8.83. The molecule has 0 saturated carbocycles. The maximum absolute atomic E-state index is 12.0. The van der Waals surface area contributed by atoms with Crippen LogP contribution in [0, 0.1) is 10.1 Å². The maximum atomic E-state index is 12.0. The summed E-state index contributed by atoms with van der Waals surface area (Å²) < 4.78 is 5.27. The second-order valence-electron chi connectivity index (χ2n) is 6.50. The molecule has 1 aromatic carbocycles. The predicted molar refractivity (Wildman–Crippen MR) is 105 cm³/mol. The first-order valence-corrected chi connectivity index (χ1v) is 9.79. The van der Waals surface area contributed by atoms with Gasteiger partial charge < -0.3 is 10.1 Å². The quantitative estimate of drug-likeness (QED) is 0.255. The molecule has 0 aliphatic rings. The highest BCUT2D eigenvalue weighted by Gasteiger charge is 2.17. The predicted octanol–water partition coefficient (Wildman–Crippen LogP) is 5.85. The normalized spacial score (nSPS) is 10.5. The molecule has 0 unspecified atom stereocenters. The van der Waals surface area contributed by atoms with Crippen LogP contribution in [-0.2, 0) is 4.79 Å². The van der Waals surface area contributed by atoms with E-state index in [0.717, 1.165) is 19.3 Å². The van der Waals surface area contributed by atoms with Gasteiger partial charge in [0.25, 0.3) is 5.69 Å². The average Bonchev–Trinajstić information content (AvgIpc) is 2.61. The van der Waals surface area contributed by atoms with Crippen LogP contribution in [0.3, 0.4) is 0 Å². The van der Waals surface area contributed by atoms with Gasteiger partial charge in [-0.05, 0) is 25.5 Å². The molecule has 146 valence electrons. The van der Waals surface area contributed by atoms with E-state index in [1.807, 2.05) is 6.92 Å². The molecular formula is C20H32N2O4. The fraction of sp³-hybridized carbons (Fsp3) is 0.650. The van der Waals surface area contributed by atoms with Gasteiger partial charge in [-0.2, -0.15) is 0 Å². The molecule has 0 spiro atoms. The minimum Gasteiger partial charge on any atom is -0.494 e. The Hall–Kier alpha value is -2.11. The van der Waals surface area contributed by atoms with Crippen LogP contribution in [0.1, 0.15) is 78.1 Å². The topological polar surface area (TPSA) is 81.5 Å². The Kier molecular flexibility index (Phi) is 11.1. The first-order valence-electron chi connectivity index (χ1n) is 9.79. The molecule has 0 fully saturated rings. The molecule has 1 aromatic rings. The number of anilines is 1. The zero-order valence-corrected chi connectivity index (χ0v) is 16.1. The van der Waals surface area contributed by atoms with E-state index in [-0.39, 0.29) is 17.3 Å².